The van der Waals surface area contributed by atoms with Gasteiger partial charge in [0.15, 0.2) is 5.76 Å². The predicted molar refractivity (Wildman–Crippen MR) is 132 cm³/mol. The normalized spacial score (nSPS) is 26.8. The average molecular weight is 500 g/mol. The summed E-state index contributed by atoms with van der Waals surface area (Å²) in [5.74, 6) is -1.62. The predicted octanol–water partition coefficient (Wildman–Crippen LogP) is 3.82. The van der Waals surface area contributed by atoms with Gasteiger partial charge in [-0.25, -0.2) is 4.39 Å². The van der Waals surface area contributed by atoms with Crippen molar-refractivity contribution in [2.24, 2.45) is 5.41 Å². The summed E-state index contributed by atoms with van der Waals surface area (Å²) in [6.07, 6.45) is 2.15. The molecule has 0 bridgehead atoms. The van der Waals surface area contributed by atoms with Crippen molar-refractivity contribution in [1.82, 2.24) is 15.5 Å². The van der Waals surface area contributed by atoms with Gasteiger partial charge in [-0.2, -0.15) is 0 Å². The first-order chi connectivity index (χ1) is 16.9. The fourth-order valence-corrected chi connectivity index (χ4v) is 5.50. The number of halogens is 1. The third-order valence-electron chi connectivity index (χ3n) is 7.20. The minimum Gasteiger partial charge on any atom is -0.481 e. The van der Waals surface area contributed by atoms with Crippen molar-refractivity contribution < 1.29 is 28.3 Å². The third kappa shape index (κ3) is 5.31. The van der Waals surface area contributed by atoms with E-state index in [2.05, 4.69) is 31.4 Å². The molecule has 1 saturated heterocycles. The molecule has 0 spiro atoms. The lowest BCUT2D eigenvalue weighted by molar-refractivity contribution is -0.158. The maximum atomic E-state index is 13.3. The number of nitrogens with zero attached hydrogens (tertiary/aromatic N) is 1. The topological polar surface area (TPSA) is 112 Å². The Hall–Kier alpha value is -3.20. The second-order valence-corrected chi connectivity index (χ2v) is 11.1. The van der Waals surface area contributed by atoms with Crippen LogP contribution in [0.4, 0.5) is 4.39 Å². The second-order valence-electron chi connectivity index (χ2n) is 11.1. The number of carbonyl (C=O) groups is 3. The molecule has 3 N–H and O–H groups in total. The second kappa shape index (κ2) is 9.69. The van der Waals surface area contributed by atoms with Gasteiger partial charge in [0.2, 0.25) is 5.91 Å². The van der Waals surface area contributed by atoms with Crippen LogP contribution in [0, 0.1) is 11.2 Å². The smallest absolute Gasteiger partial charge is 0.311 e. The van der Waals surface area contributed by atoms with Crippen LogP contribution in [0.15, 0.2) is 40.8 Å². The van der Waals surface area contributed by atoms with E-state index in [1.807, 2.05) is 0 Å². The number of rotatable bonds is 6. The van der Waals surface area contributed by atoms with Gasteiger partial charge in [0.1, 0.15) is 17.6 Å². The van der Waals surface area contributed by atoms with Gasteiger partial charge in [0.05, 0.1) is 5.41 Å². The first-order valence-electron chi connectivity index (χ1n) is 12.4. The van der Waals surface area contributed by atoms with Gasteiger partial charge in [-0.1, -0.05) is 0 Å². The Morgan fingerprint density at radius 2 is 1.81 bits per heavy atom. The van der Waals surface area contributed by atoms with Crippen LogP contribution in [-0.2, 0) is 9.59 Å². The number of likely N-dealkylation sites (tertiary alicyclic amines) is 1. The van der Waals surface area contributed by atoms with Gasteiger partial charge in [0, 0.05) is 29.7 Å². The fraction of sp³-hybridized carbons (Fsp3) is 0.519. The molecule has 2 amide bonds. The fourth-order valence-electron chi connectivity index (χ4n) is 5.50. The highest BCUT2D eigenvalue weighted by Crippen LogP contribution is 2.41. The molecule has 8 nitrogen and oxygen atoms in total. The van der Waals surface area contributed by atoms with Gasteiger partial charge in [0.25, 0.3) is 5.91 Å². The average Bonchev–Trinajstić information content (AvgIpc) is 3.41. The quantitative estimate of drug-likeness (QED) is 0.557. The minimum absolute atomic E-state index is 0.0460. The number of nitrogens with one attached hydrogen (secondary N) is 2. The van der Waals surface area contributed by atoms with Crippen molar-refractivity contribution in [2.45, 2.75) is 77.0 Å². The lowest BCUT2D eigenvalue weighted by Crippen LogP contribution is -2.59. The van der Waals surface area contributed by atoms with Crippen LogP contribution in [-0.4, -0.2) is 58.0 Å². The van der Waals surface area contributed by atoms with Crippen LogP contribution in [0.25, 0.3) is 11.3 Å². The number of benzene rings is 1. The molecule has 36 heavy (non-hydrogen) atoms. The monoisotopic (exact) mass is 499 g/mol. The molecule has 1 aliphatic carbocycles. The molecule has 2 aromatic rings. The Morgan fingerprint density at radius 3 is 2.44 bits per heavy atom. The van der Waals surface area contributed by atoms with Crippen LogP contribution in [0.3, 0.4) is 0 Å². The van der Waals surface area contributed by atoms with E-state index >= 15 is 0 Å². The Balaban J connectivity index is 1.42. The first kappa shape index (κ1) is 25.9. The zero-order chi connectivity index (χ0) is 26.3. The highest BCUT2D eigenvalue weighted by molar-refractivity contribution is 5.96. The van der Waals surface area contributed by atoms with Crippen LogP contribution in [0.2, 0.25) is 0 Å². The zero-order valence-corrected chi connectivity index (χ0v) is 21.1. The summed E-state index contributed by atoms with van der Waals surface area (Å²) in [6.45, 7) is 8.26. The molecule has 9 heteroatoms. The summed E-state index contributed by atoms with van der Waals surface area (Å²) in [4.78, 5) is 40.1. The molecule has 2 aliphatic rings. The van der Waals surface area contributed by atoms with Crippen molar-refractivity contribution in [1.29, 1.82) is 0 Å². The Morgan fingerprint density at radius 1 is 1.11 bits per heavy atom. The maximum absolute atomic E-state index is 13.3. The highest BCUT2D eigenvalue weighted by atomic mass is 19.1. The van der Waals surface area contributed by atoms with Crippen molar-refractivity contribution in [3.63, 3.8) is 0 Å². The molecule has 4 atom stereocenters. The number of furan rings is 1. The van der Waals surface area contributed by atoms with Crippen molar-refractivity contribution >= 4 is 17.8 Å². The lowest BCUT2D eigenvalue weighted by Gasteiger charge is -2.47. The van der Waals surface area contributed by atoms with E-state index in [0.29, 0.717) is 37.1 Å². The van der Waals surface area contributed by atoms with E-state index in [4.69, 9.17) is 4.42 Å². The first-order valence-corrected chi connectivity index (χ1v) is 12.4. The maximum Gasteiger partial charge on any atom is 0.311 e. The Bertz CT molecular complexity index is 1140. The number of carboxylic acids is 1. The van der Waals surface area contributed by atoms with Gasteiger partial charge < -0.3 is 25.1 Å². The van der Waals surface area contributed by atoms with Gasteiger partial charge in [-0.05, 0) is 89.8 Å². The molecule has 1 aromatic heterocycles. The standard InChI is InChI=1S/C27H34FN3O5/c1-26(2,3)30-18-9-12-22(27(4,15-18)25(34)35)31-14-13-19(24(31)33)29-23(32)21-11-10-20(36-21)16-5-7-17(28)8-6-16/h5-8,10-11,18-19,22,30H,9,12-15H2,1-4H3,(H,29,32)(H,34,35)/t18-,19?,22+,27-/m1/s1. The number of carboxylic acid groups (broad SMARTS) is 1. The van der Waals surface area contributed by atoms with Gasteiger partial charge in [-0.3, -0.25) is 14.4 Å². The number of hydrogen-bond donors (Lipinski definition) is 3. The molecule has 1 aliphatic heterocycles. The van der Waals surface area contributed by atoms with E-state index in [9.17, 15) is 23.9 Å². The van der Waals surface area contributed by atoms with Gasteiger partial charge in [-0.15, -0.1) is 0 Å². The minimum atomic E-state index is -1.10. The lowest BCUT2D eigenvalue weighted by atomic mass is 9.68. The summed E-state index contributed by atoms with van der Waals surface area (Å²) in [6, 6.07) is 7.70. The summed E-state index contributed by atoms with van der Waals surface area (Å²) in [5, 5.41) is 16.4. The van der Waals surface area contributed by atoms with E-state index < -0.39 is 29.4 Å². The molecule has 4 rings (SSSR count). The summed E-state index contributed by atoms with van der Waals surface area (Å²) in [7, 11) is 0. The molecule has 1 saturated carbocycles. The van der Waals surface area contributed by atoms with E-state index in [1.54, 1.807) is 30.0 Å². The van der Waals surface area contributed by atoms with E-state index in [1.165, 1.54) is 18.2 Å². The van der Waals surface area contributed by atoms with Gasteiger partial charge >= 0.3 is 5.97 Å². The molecular weight excluding hydrogens is 465 g/mol. The van der Waals surface area contributed by atoms with Crippen LogP contribution in [0.5, 0.6) is 0 Å². The number of carbonyl (C=O) groups excluding carboxylic acids is 2. The number of aliphatic carboxylic acids is 1. The molecule has 2 heterocycles. The van der Waals surface area contributed by atoms with Crippen LogP contribution < -0.4 is 10.6 Å². The zero-order valence-electron chi connectivity index (χ0n) is 21.1. The number of amides is 2. The SMILES string of the molecule is CC(C)(C)N[C@@H]1CC[C@H](N2CCC(NC(=O)c3ccc(-c4ccc(F)cc4)o3)C2=O)[C@](C)(C(=O)O)C1. The summed E-state index contributed by atoms with van der Waals surface area (Å²) < 4.78 is 18.8. The molecular formula is C27H34FN3O5. The molecule has 1 unspecified atom stereocenters. The van der Waals surface area contributed by atoms with Crippen molar-refractivity contribution in [3.05, 3.63) is 48.0 Å². The molecule has 0 radical (unpaired) electrons. The van der Waals surface area contributed by atoms with Crippen molar-refractivity contribution in [3.8, 4) is 11.3 Å². The van der Waals surface area contributed by atoms with Crippen molar-refractivity contribution in [2.75, 3.05) is 6.54 Å². The Kier molecular flexibility index (Phi) is 6.96. The largest absolute Gasteiger partial charge is 0.481 e. The summed E-state index contributed by atoms with van der Waals surface area (Å²) in [5.41, 5.74) is -0.609. The Labute approximate surface area is 210 Å². The van der Waals surface area contributed by atoms with Crippen LogP contribution >= 0.6 is 0 Å². The molecule has 2 fully saturated rings. The number of hydrogen-bond acceptors (Lipinski definition) is 5. The van der Waals surface area contributed by atoms with E-state index in [0.717, 1.165) is 6.42 Å². The highest BCUT2D eigenvalue weighted by Gasteiger charge is 2.52. The van der Waals surface area contributed by atoms with E-state index in [-0.39, 0.29) is 29.1 Å². The molecule has 194 valence electrons. The third-order valence-corrected chi connectivity index (χ3v) is 7.20. The molecule has 1 aromatic carbocycles. The summed E-state index contributed by atoms with van der Waals surface area (Å²) >= 11 is 0. The van der Waals surface area contributed by atoms with Crippen LogP contribution in [0.1, 0.15) is 63.9 Å².